The summed E-state index contributed by atoms with van der Waals surface area (Å²) in [6.07, 6.45) is 1.50. The van der Waals surface area contributed by atoms with Crippen molar-refractivity contribution in [3.8, 4) is 21.9 Å². The van der Waals surface area contributed by atoms with Gasteiger partial charge in [0.2, 0.25) is 0 Å². The molecule has 16 heavy (non-hydrogen) atoms. The Morgan fingerprint density at radius 3 is 2.62 bits per heavy atom. The van der Waals surface area contributed by atoms with Crippen LogP contribution in [0, 0.1) is 0 Å². The minimum Gasteiger partial charge on any atom is -0.442 e. The van der Waals surface area contributed by atoms with Gasteiger partial charge in [-0.3, -0.25) is 0 Å². The molecule has 0 amide bonds. The van der Waals surface area contributed by atoms with Crippen LogP contribution >= 0.6 is 11.3 Å². The highest BCUT2D eigenvalue weighted by Crippen LogP contribution is 2.33. The number of thiophene rings is 1. The van der Waals surface area contributed by atoms with Gasteiger partial charge in [0.05, 0.1) is 4.88 Å². The van der Waals surface area contributed by atoms with Crippen LogP contribution in [0.15, 0.2) is 58.7 Å². The van der Waals surface area contributed by atoms with Gasteiger partial charge in [0.1, 0.15) is 5.69 Å². The Kier molecular flexibility index (Phi) is 2.31. The standard InChI is InChI=1S/C13H9NOS/c1-2-5-10(6-3-1)12-13(15-9-14-12)11-7-4-8-16-11/h1-9H. The van der Waals surface area contributed by atoms with E-state index in [-0.39, 0.29) is 0 Å². The topological polar surface area (TPSA) is 26.0 Å². The molecule has 0 saturated carbocycles. The summed E-state index contributed by atoms with van der Waals surface area (Å²) in [5.74, 6) is 0.848. The molecule has 2 aromatic heterocycles. The first-order valence-corrected chi connectivity index (χ1v) is 5.86. The third-order valence-electron chi connectivity index (χ3n) is 2.36. The SMILES string of the molecule is c1ccc(-c2ncoc2-c2cccs2)cc1. The Morgan fingerprint density at radius 2 is 1.88 bits per heavy atom. The predicted molar refractivity (Wildman–Crippen MR) is 65.3 cm³/mol. The molecule has 0 unspecified atom stereocenters. The van der Waals surface area contributed by atoms with Crippen LogP contribution in [0.3, 0.4) is 0 Å². The smallest absolute Gasteiger partial charge is 0.182 e. The van der Waals surface area contributed by atoms with Gasteiger partial charge in [-0.1, -0.05) is 36.4 Å². The molecule has 0 saturated heterocycles. The molecule has 3 rings (SSSR count). The molecule has 2 heterocycles. The van der Waals surface area contributed by atoms with E-state index in [4.69, 9.17) is 4.42 Å². The molecular weight excluding hydrogens is 218 g/mol. The summed E-state index contributed by atoms with van der Waals surface area (Å²) in [5.41, 5.74) is 1.99. The Bertz CT molecular complexity index is 569. The molecule has 0 bridgehead atoms. The van der Waals surface area contributed by atoms with Crippen molar-refractivity contribution < 1.29 is 4.42 Å². The molecule has 1 aromatic carbocycles. The molecule has 0 aliphatic rings. The van der Waals surface area contributed by atoms with Gasteiger partial charge >= 0.3 is 0 Å². The van der Waals surface area contributed by atoms with Crippen molar-refractivity contribution in [3.05, 3.63) is 54.2 Å². The molecule has 0 aliphatic heterocycles. The Labute approximate surface area is 97.2 Å². The van der Waals surface area contributed by atoms with Crippen molar-refractivity contribution in [1.29, 1.82) is 0 Å². The fourth-order valence-corrected chi connectivity index (χ4v) is 2.34. The van der Waals surface area contributed by atoms with E-state index in [1.807, 2.05) is 47.8 Å². The number of rotatable bonds is 2. The Morgan fingerprint density at radius 1 is 1.00 bits per heavy atom. The Hall–Kier alpha value is -1.87. The first-order valence-electron chi connectivity index (χ1n) is 4.98. The molecular formula is C13H9NOS. The average Bonchev–Trinajstić information content (AvgIpc) is 3.01. The van der Waals surface area contributed by atoms with E-state index in [9.17, 15) is 0 Å². The zero-order chi connectivity index (χ0) is 10.8. The van der Waals surface area contributed by atoms with Gasteiger partial charge in [-0.05, 0) is 11.4 Å². The zero-order valence-electron chi connectivity index (χ0n) is 8.46. The second-order valence-electron chi connectivity index (χ2n) is 3.37. The van der Waals surface area contributed by atoms with E-state index >= 15 is 0 Å². The van der Waals surface area contributed by atoms with Crippen molar-refractivity contribution in [2.75, 3.05) is 0 Å². The van der Waals surface area contributed by atoms with Gasteiger partial charge in [0, 0.05) is 5.56 Å². The molecule has 0 spiro atoms. The molecule has 0 N–H and O–H groups in total. The minimum absolute atomic E-state index is 0.848. The van der Waals surface area contributed by atoms with Crippen LogP contribution in [0.5, 0.6) is 0 Å². The normalized spacial score (nSPS) is 10.5. The molecule has 2 nitrogen and oxygen atoms in total. The average molecular weight is 227 g/mol. The van der Waals surface area contributed by atoms with Crippen molar-refractivity contribution in [2.24, 2.45) is 0 Å². The lowest BCUT2D eigenvalue weighted by atomic mass is 10.1. The van der Waals surface area contributed by atoms with Crippen molar-refractivity contribution in [2.45, 2.75) is 0 Å². The summed E-state index contributed by atoms with van der Waals surface area (Å²) < 4.78 is 5.46. The van der Waals surface area contributed by atoms with Gasteiger partial charge in [0.25, 0.3) is 0 Å². The highest BCUT2D eigenvalue weighted by Gasteiger charge is 2.12. The summed E-state index contributed by atoms with van der Waals surface area (Å²) in [6, 6.07) is 14.1. The number of hydrogen-bond donors (Lipinski definition) is 0. The molecule has 3 heteroatoms. The van der Waals surface area contributed by atoms with Crippen LogP contribution in [0.25, 0.3) is 21.9 Å². The number of hydrogen-bond acceptors (Lipinski definition) is 3. The fourth-order valence-electron chi connectivity index (χ4n) is 1.63. The van der Waals surface area contributed by atoms with E-state index in [0.717, 1.165) is 21.9 Å². The lowest BCUT2D eigenvalue weighted by Gasteiger charge is -1.98. The summed E-state index contributed by atoms with van der Waals surface area (Å²) in [7, 11) is 0. The number of benzene rings is 1. The van der Waals surface area contributed by atoms with Gasteiger partial charge in [-0.25, -0.2) is 4.98 Å². The molecule has 78 valence electrons. The van der Waals surface area contributed by atoms with E-state index in [0.29, 0.717) is 0 Å². The lowest BCUT2D eigenvalue weighted by molar-refractivity contribution is 0.573. The highest BCUT2D eigenvalue weighted by molar-refractivity contribution is 7.13. The summed E-state index contributed by atoms with van der Waals surface area (Å²) in [4.78, 5) is 5.39. The third kappa shape index (κ3) is 1.55. The van der Waals surface area contributed by atoms with Crippen LogP contribution in [0.4, 0.5) is 0 Å². The Balaban J connectivity index is 2.14. The van der Waals surface area contributed by atoms with Crippen molar-refractivity contribution in [3.63, 3.8) is 0 Å². The third-order valence-corrected chi connectivity index (χ3v) is 3.23. The molecule has 0 atom stereocenters. The maximum Gasteiger partial charge on any atom is 0.182 e. The second kappa shape index (κ2) is 3.94. The summed E-state index contributed by atoms with van der Waals surface area (Å²) in [6.45, 7) is 0. The van der Waals surface area contributed by atoms with Crippen LogP contribution in [0.2, 0.25) is 0 Å². The van der Waals surface area contributed by atoms with Crippen molar-refractivity contribution >= 4 is 11.3 Å². The monoisotopic (exact) mass is 227 g/mol. The van der Waals surface area contributed by atoms with E-state index < -0.39 is 0 Å². The van der Waals surface area contributed by atoms with Crippen LogP contribution in [-0.2, 0) is 0 Å². The molecule has 0 fully saturated rings. The number of oxazole rings is 1. The summed E-state index contributed by atoms with van der Waals surface area (Å²) >= 11 is 1.66. The zero-order valence-corrected chi connectivity index (χ0v) is 9.28. The summed E-state index contributed by atoms with van der Waals surface area (Å²) in [5, 5.41) is 2.03. The quantitative estimate of drug-likeness (QED) is 0.659. The van der Waals surface area contributed by atoms with Gasteiger partial charge < -0.3 is 4.42 Å². The maximum absolute atomic E-state index is 5.46. The van der Waals surface area contributed by atoms with Gasteiger partial charge in [0.15, 0.2) is 12.2 Å². The first kappa shape index (κ1) is 9.36. The fraction of sp³-hybridized carbons (Fsp3) is 0. The van der Waals surface area contributed by atoms with E-state index in [1.165, 1.54) is 6.39 Å². The van der Waals surface area contributed by atoms with Crippen LogP contribution in [-0.4, -0.2) is 4.98 Å². The minimum atomic E-state index is 0.848. The number of nitrogens with zero attached hydrogens (tertiary/aromatic N) is 1. The first-order chi connectivity index (χ1) is 7.95. The highest BCUT2D eigenvalue weighted by atomic mass is 32.1. The van der Waals surface area contributed by atoms with Gasteiger partial charge in [-0.2, -0.15) is 0 Å². The van der Waals surface area contributed by atoms with Crippen LogP contribution < -0.4 is 0 Å². The lowest BCUT2D eigenvalue weighted by Crippen LogP contribution is -1.79. The van der Waals surface area contributed by atoms with Crippen molar-refractivity contribution in [1.82, 2.24) is 4.98 Å². The maximum atomic E-state index is 5.46. The van der Waals surface area contributed by atoms with Gasteiger partial charge in [-0.15, -0.1) is 11.3 Å². The molecule has 0 radical (unpaired) electrons. The van der Waals surface area contributed by atoms with E-state index in [1.54, 1.807) is 11.3 Å². The van der Waals surface area contributed by atoms with Crippen LogP contribution in [0.1, 0.15) is 0 Å². The second-order valence-corrected chi connectivity index (χ2v) is 4.32. The largest absolute Gasteiger partial charge is 0.442 e. The number of aromatic nitrogens is 1. The predicted octanol–water partition coefficient (Wildman–Crippen LogP) is 4.07. The van der Waals surface area contributed by atoms with E-state index in [2.05, 4.69) is 4.98 Å². The molecule has 0 aliphatic carbocycles. The molecule has 3 aromatic rings.